The maximum absolute atomic E-state index is 13.8. The molecular weight excluding hydrogens is 422 g/mol. The summed E-state index contributed by atoms with van der Waals surface area (Å²) in [4.78, 5) is 26.4. The highest BCUT2D eigenvalue weighted by Gasteiger charge is 2.22. The Morgan fingerprint density at radius 3 is 2.48 bits per heavy atom. The van der Waals surface area contributed by atoms with Crippen LogP contribution in [0.3, 0.4) is 0 Å². The van der Waals surface area contributed by atoms with Crippen molar-refractivity contribution < 1.29 is 22.8 Å². The normalized spacial score (nSPS) is 10.5. The summed E-state index contributed by atoms with van der Waals surface area (Å²) < 4.78 is 32.5. The summed E-state index contributed by atoms with van der Waals surface area (Å²) in [6.45, 7) is 0. The highest BCUT2D eigenvalue weighted by molar-refractivity contribution is 9.10. The van der Waals surface area contributed by atoms with Crippen LogP contribution in [-0.4, -0.2) is 18.9 Å². The van der Waals surface area contributed by atoms with Crippen LogP contribution in [0.5, 0.6) is 0 Å². The Morgan fingerprint density at radius 2 is 1.81 bits per heavy atom. The first-order chi connectivity index (χ1) is 12.9. The Hall–Kier alpha value is -3.00. The third-order valence-corrected chi connectivity index (χ3v) is 4.20. The number of nitrogens with one attached hydrogen (secondary N) is 1. The number of rotatable bonds is 4. The molecule has 0 aliphatic rings. The van der Waals surface area contributed by atoms with Crippen molar-refractivity contribution in [1.82, 2.24) is 0 Å². The molecule has 1 heterocycles. The molecule has 2 aromatic carbocycles. The zero-order valence-corrected chi connectivity index (χ0v) is 15.6. The van der Waals surface area contributed by atoms with E-state index in [1.165, 1.54) is 24.1 Å². The van der Waals surface area contributed by atoms with Crippen molar-refractivity contribution >= 4 is 39.1 Å². The van der Waals surface area contributed by atoms with Crippen LogP contribution in [0.15, 0.2) is 63.7 Å². The van der Waals surface area contributed by atoms with Gasteiger partial charge in [0.05, 0.1) is 16.9 Å². The van der Waals surface area contributed by atoms with Gasteiger partial charge >= 0.3 is 0 Å². The van der Waals surface area contributed by atoms with Crippen LogP contribution in [0.1, 0.15) is 20.9 Å². The number of amides is 2. The molecule has 0 saturated carbocycles. The van der Waals surface area contributed by atoms with Gasteiger partial charge in [-0.1, -0.05) is 12.1 Å². The topological polar surface area (TPSA) is 62.6 Å². The van der Waals surface area contributed by atoms with E-state index in [0.717, 1.165) is 12.1 Å². The first-order valence-corrected chi connectivity index (χ1v) is 8.55. The standard InChI is InChI=1S/C19H13BrF2N2O3/c1-24(19(26)16-8-9-17(20)27-16)15-5-3-2-4-12(15)18(25)23-14-7-6-11(21)10-13(14)22/h2-10H,1H3,(H,23,25). The lowest BCUT2D eigenvalue weighted by Crippen LogP contribution is -2.28. The molecule has 138 valence electrons. The number of nitrogens with zero attached hydrogens (tertiary/aromatic N) is 1. The van der Waals surface area contributed by atoms with E-state index < -0.39 is 23.4 Å². The number of halogens is 3. The SMILES string of the molecule is CN(C(=O)c1ccc(Br)o1)c1ccccc1C(=O)Nc1ccc(F)cc1F. The fourth-order valence-corrected chi connectivity index (χ4v) is 2.75. The predicted molar refractivity (Wildman–Crippen MR) is 99.9 cm³/mol. The monoisotopic (exact) mass is 434 g/mol. The van der Waals surface area contributed by atoms with Crippen LogP contribution in [0, 0.1) is 11.6 Å². The molecule has 8 heteroatoms. The summed E-state index contributed by atoms with van der Waals surface area (Å²) in [6, 6.07) is 12.3. The quantitative estimate of drug-likeness (QED) is 0.638. The van der Waals surface area contributed by atoms with E-state index in [1.54, 1.807) is 24.3 Å². The van der Waals surface area contributed by atoms with Crippen LogP contribution >= 0.6 is 15.9 Å². The van der Waals surface area contributed by atoms with Crippen molar-refractivity contribution in [3.05, 3.63) is 82.2 Å². The Bertz CT molecular complexity index is 1020. The number of carbonyl (C=O) groups excluding carboxylic acids is 2. The molecule has 1 N–H and O–H groups in total. The van der Waals surface area contributed by atoms with Gasteiger partial charge in [-0.15, -0.1) is 0 Å². The van der Waals surface area contributed by atoms with Crippen molar-refractivity contribution in [2.75, 3.05) is 17.3 Å². The number of para-hydroxylation sites is 1. The lowest BCUT2D eigenvalue weighted by Gasteiger charge is -2.19. The highest BCUT2D eigenvalue weighted by atomic mass is 79.9. The molecule has 0 spiro atoms. The Balaban J connectivity index is 1.88. The molecule has 0 aliphatic carbocycles. The average Bonchev–Trinajstić information content (AvgIpc) is 3.09. The van der Waals surface area contributed by atoms with Gasteiger partial charge in [-0.2, -0.15) is 0 Å². The third kappa shape index (κ3) is 4.06. The molecule has 0 atom stereocenters. The maximum Gasteiger partial charge on any atom is 0.293 e. The van der Waals surface area contributed by atoms with Crippen LogP contribution in [0.2, 0.25) is 0 Å². The van der Waals surface area contributed by atoms with Crippen molar-refractivity contribution in [1.29, 1.82) is 0 Å². The summed E-state index contributed by atoms with van der Waals surface area (Å²) in [7, 11) is 1.49. The Kier molecular flexibility index (Phi) is 5.36. The second kappa shape index (κ2) is 7.71. The molecule has 1 aromatic heterocycles. The Morgan fingerprint density at radius 1 is 1.07 bits per heavy atom. The molecule has 0 radical (unpaired) electrons. The lowest BCUT2D eigenvalue weighted by molar-refractivity contribution is 0.0965. The van der Waals surface area contributed by atoms with Crippen molar-refractivity contribution in [2.24, 2.45) is 0 Å². The van der Waals surface area contributed by atoms with E-state index in [0.29, 0.717) is 16.4 Å². The summed E-state index contributed by atoms with van der Waals surface area (Å²) in [6.07, 6.45) is 0. The van der Waals surface area contributed by atoms with Gasteiger partial charge in [0.2, 0.25) is 0 Å². The fourth-order valence-electron chi connectivity index (χ4n) is 2.44. The molecule has 3 rings (SSSR count). The van der Waals surface area contributed by atoms with Crippen LogP contribution in [-0.2, 0) is 0 Å². The van der Waals surface area contributed by atoms with Gasteiger partial charge in [0.1, 0.15) is 11.6 Å². The molecular formula is C19H13BrF2N2O3. The third-order valence-electron chi connectivity index (χ3n) is 3.78. The largest absolute Gasteiger partial charge is 0.444 e. The van der Waals surface area contributed by atoms with Crippen LogP contribution in [0.4, 0.5) is 20.2 Å². The van der Waals surface area contributed by atoms with Crippen LogP contribution < -0.4 is 10.2 Å². The first kappa shape index (κ1) is 18.8. The summed E-state index contributed by atoms with van der Waals surface area (Å²) in [5.41, 5.74) is 0.276. The summed E-state index contributed by atoms with van der Waals surface area (Å²) >= 11 is 3.13. The van der Waals surface area contributed by atoms with Gasteiger partial charge in [0, 0.05) is 13.1 Å². The molecule has 3 aromatic rings. The predicted octanol–water partition coefficient (Wildman–Crippen LogP) is 4.85. The molecule has 0 unspecified atom stereocenters. The maximum atomic E-state index is 13.8. The number of hydrogen-bond donors (Lipinski definition) is 1. The zero-order valence-electron chi connectivity index (χ0n) is 14.0. The number of hydrogen-bond acceptors (Lipinski definition) is 3. The van der Waals surface area contributed by atoms with Crippen LogP contribution in [0.25, 0.3) is 0 Å². The number of furan rings is 1. The van der Waals surface area contributed by atoms with E-state index in [4.69, 9.17) is 4.42 Å². The first-order valence-electron chi connectivity index (χ1n) is 7.75. The highest BCUT2D eigenvalue weighted by Crippen LogP contribution is 2.24. The number of anilines is 2. The van der Waals surface area contributed by atoms with Gasteiger partial charge in [0.15, 0.2) is 10.4 Å². The van der Waals surface area contributed by atoms with Crippen molar-refractivity contribution in [3.63, 3.8) is 0 Å². The molecule has 0 aliphatic heterocycles. The summed E-state index contributed by atoms with van der Waals surface area (Å²) in [5, 5.41) is 2.38. The van der Waals surface area contributed by atoms with Crippen molar-refractivity contribution in [2.45, 2.75) is 0 Å². The molecule has 2 amide bonds. The van der Waals surface area contributed by atoms with E-state index in [9.17, 15) is 18.4 Å². The minimum absolute atomic E-state index is 0.0872. The van der Waals surface area contributed by atoms with Gasteiger partial charge in [-0.3, -0.25) is 9.59 Å². The number of benzene rings is 2. The molecule has 0 saturated heterocycles. The molecule has 0 fully saturated rings. The summed E-state index contributed by atoms with van der Waals surface area (Å²) in [5.74, 6) is -2.67. The van der Waals surface area contributed by atoms with E-state index in [-0.39, 0.29) is 17.0 Å². The van der Waals surface area contributed by atoms with Gasteiger partial charge in [0.25, 0.3) is 11.8 Å². The Labute approximate surface area is 161 Å². The second-order valence-corrected chi connectivity index (χ2v) is 6.34. The van der Waals surface area contributed by atoms with E-state index >= 15 is 0 Å². The molecule has 5 nitrogen and oxygen atoms in total. The lowest BCUT2D eigenvalue weighted by atomic mass is 10.1. The zero-order chi connectivity index (χ0) is 19.6. The molecule has 27 heavy (non-hydrogen) atoms. The second-order valence-electron chi connectivity index (χ2n) is 5.56. The molecule has 0 bridgehead atoms. The fraction of sp³-hybridized carbons (Fsp3) is 0.0526. The minimum Gasteiger partial charge on any atom is -0.444 e. The minimum atomic E-state index is -0.898. The number of carbonyl (C=O) groups is 2. The van der Waals surface area contributed by atoms with E-state index in [1.807, 2.05) is 0 Å². The van der Waals surface area contributed by atoms with Gasteiger partial charge < -0.3 is 14.6 Å². The van der Waals surface area contributed by atoms with Crippen molar-refractivity contribution in [3.8, 4) is 0 Å². The smallest absolute Gasteiger partial charge is 0.293 e. The van der Waals surface area contributed by atoms with Gasteiger partial charge in [-0.05, 0) is 52.3 Å². The van der Waals surface area contributed by atoms with E-state index in [2.05, 4.69) is 21.2 Å². The van der Waals surface area contributed by atoms with Gasteiger partial charge in [-0.25, -0.2) is 8.78 Å². The average molecular weight is 435 g/mol.